The average Bonchev–Trinajstić information content (AvgIpc) is 2.60. The van der Waals surface area contributed by atoms with Gasteiger partial charge in [0, 0.05) is 13.0 Å². The van der Waals surface area contributed by atoms with E-state index in [1.807, 2.05) is 24.3 Å². The van der Waals surface area contributed by atoms with E-state index in [0.717, 1.165) is 42.8 Å². The molecule has 2 aliphatic rings. The molecule has 0 fully saturated rings. The van der Waals surface area contributed by atoms with Crippen molar-refractivity contribution in [2.45, 2.75) is 25.4 Å². The van der Waals surface area contributed by atoms with Gasteiger partial charge >= 0.3 is 0 Å². The maximum atomic E-state index is 12.5. The highest BCUT2D eigenvalue weighted by Crippen LogP contribution is 2.35. The molecule has 2 aromatic carbocycles. The molecule has 2 aromatic rings. The molecule has 118 valence electrons. The van der Waals surface area contributed by atoms with Crippen LogP contribution in [0.2, 0.25) is 0 Å². The summed E-state index contributed by atoms with van der Waals surface area (Å²) in [5.74, 6) is 0.894. The summed E-state index contributed by atoms with van der Waals surface area (Å²) in [4.78, 5) is 14.8. The molecule has 0 unspecified atom stereocenters. The Morgan fingerprint density at radius 2 is 2.04 bits per heavy atom. The molecule has 2 heterocycles. The molecule has 0 radical (unpaired) electrons. The average molecular weight is 308 g/mol. The van der Waals surface area contributed by atoms with E-state index in [4.69, 9.17) is 4.74 Å². The van der Waals surface area contributed by atoms with E-state index in [9.17, 15) is 4.79 Å². The third kappa shape index (κ3) is 2.44. The lowest BCUT2D eigenvalue weighted by Crippen LogP contribution is -2.55. The first kappa shape index (κ1) is 14.1. The summed E-state index contributed by atoms with van der Waals surface area (Å²) in [5, 5.41) is 3.17. The molecule has 2 aliphatic heterocycles. The van der Waals surface area contributed by atoms with E-state index in [1.54, 1.807) is 7.11 Å². The second-order valence-corrected chi connectivity index (χ2v) is 6.15. The maximum Gasteiger partial charge on any atom is 0.255 e. The molecule has 0 saturated carbocycles. The fourth-order valence-electron chi connectivity index (χ4n) is 3.63. The number of rotatable bonds is 3. The van der Waals surface area contributed by atoms with Crippen LogP contribution in [0.5, 0.6) is 5.75 Å². The van der Waals surface area contributed by atoms with Gasteiger partial charge in [-0.05, 0) is 42.2 Å². The van der Waals surface area contributed by atoms with Crippen LogP contribution in [0.25, 0.3) is 0 Å². The van der Waals surface area contributed by atoms with Crippen molar-refractivity contribution >= 4 is 11.6 Å². The summed E-state index contributed by atoms with van der Waals surface area (Å²) >= 11 is 0. The van der Waals surface area contributed by atoms with Crippen molar-refractivity contribution in [2.75, 3.05) is 18.6 Å². The van der Waals surface area contributed by atoms with Crippen LogP contribution in [-0.2, 0) is 12.8 Å². The molecule has 0 saturated heterocycles. The summed E-state index contributed by atoms with van der Waals surface area (Å²) in [6, 6.07) is 14.1. The van der Waals surface area contributed by atoms with Crippen LogP contribution in [0.15, 0.2) is 42.5 Å². The minimum atomic E-state index is 0.0184. The zero-order valence-corrected chi connectivity index (χ0v) is 13.2. The second kappa shape index (κ2) is 5.61. The van der Waals surface area contributed by atoms with Crippen molar-refractivity contribution in [3.63, 3.8) is 0 Å². The van der Waals surface area contributed by atoms with Gasteiger partial charge in [-0.1, -0.05) is 24.3 Å². The van der Waals surface area contributed by atoms with Crippen LogP contribution in [0.3, 0.4) is 0 Å². The van der Waals surface area contributed by atoms with Gasteiger partial charge in [-0.25, -0.2) is 0 Å². The SMILES string of the molecule is COc1ccc(C[C@@H]2NC(=O)c3cccc4c3N2CCC4)cc1. The number of aryl methyl sites for hydroxylation is 1. The van der Waals surface area contributed by atoms with Crippen molar-refractivity contribution in [1.29, 1.82) is 0 Å². The monoisotopic (exact) mass is 308 g/mol. The fraction of sp³-hybridized carbons (Fsp3) is 0.316. The van der Waals surface area contributed by atoms with Crippen molar-refractivity contribution < 1.29 is 9.53 Å². The Hall–Kier alpha value is -2.49. The highest BCUT2D eigenvalue weighted by atomic mass is 16.5. The molecule has 4 heteroatoms. The predicted molar refractivity (Wildman–Crippen MR) is 90.1 cm³/mol. The number of carbonyl (C=O) groups is 1. The van der Waals surface area contributed by atoms with E-state index in [0.29, 0.717) is 0 Å². The molecular formula is C19H20N2O2. The number of anilines is 1. The molecule has 0 aliphatic carbocycles. The predicted octanol–water partition coefficient (Wildman–Crippen LogP) is 2.76. The molecule has 1 N–H and O–H groups in total. The number of amides is 1. The van der Waals surface area contributed by atoms with E-state index < -0.39 is 0 Å². The lowest BCUT2D eigenvalue weighted by Gasteiger charge is -2.42. The third-order valence-corrected chi connectivity index (χ3v) is 4.76. The van der Waals surface area contributed by atoms with Crippen LogP contribution in [0.1, 0.15) is 27.9 Å². The van der Waals surface area contributed by atoms with Gasteiger partial charge in [0.15, 0.2) is 0 Å². The number of nitrogens with one attached hydrogen (secondary N) is 1. The van der Waals surface area contributed by atoms with Crippen LogP contribution >= 0.6 is 0 Å². The summed E-state index contributed by atoms with van der Waals surface area (Å²) in [6.45, 7) is 0.991. The first-order chi connectivity index (χ1) is 11.3. The first-order valence-electron chi connectivity index (χ1n) is 8.08. The number of ether oxygens (including phenoxy) is 1. The fourth-order valence-corrected chi connectivity index (χ4v) is 3.63. The Balaban J connectivity index is 1.65. The molecule has 0 bridgehead atoms. The largest absolute Gasteiger partial charge is 0.497 e. The van der Waals surface area contributed by atoms with E-state index in [1.165, 1.54) is 11.1 Å². The lowest BCUT2D eigenvalue weighted by molar-refractivity contribution is 0.0925. The normalized spacial score (nSPS) is 19.1. The summed E-state index contributed by atoms with van der Waals surface area (Å²) in [6.07, 6.45) is 3.00. The summed E-state index contributed by atoms with van der Waals surface area (Å²) < 4.78 is 5.21. The van der Waals surface area contributed by atoms with Crippen LogP contribution in [0.4, 0.5) is 5.69 Å². The Labute approximate surface area is 136 Å². The summed E-state index contributed by atoms with van der Waals surface area (Å²) in [5.41, 5.74) is 4.44. The maximum absolute atomic E-state index is 12.5. The van der Waals surface area contributed by atoms with Crippen molar-refractivity contribution in [3.8, 4) is 5.75 Å². The molecule has 0 aromatic heterocycles. The lowest BCUT2D eigenvalue weighted by atomic mass is 9.93. The molecule has 1 amide bonds. The smallest absolute Gasteiger partial charge is 0.255 e. The number of hydrogen-bond donors (Lipinski definition) is 1. The zero-order chi connectivity index (χ0) is 15.8. The zero-order valence-electron chi connectivity index (χ0n) is 13.2. The van der Waals surface area contributed by atoms with Gasteiger partial charge in [0.1, 0.15) is 11.9 Å². The number of hydrogen-bond acceptors (Lipinski definition) is 3. The number of para-hydroxylation sites is 1. The van der Waals surface area contributed by atoms with Crippen molar-refractivity contribution in [2.24, 2.45) is 0 Å². The van der Waals surface area contributed by atoms with Crippen LogP contribution < -0.4 is 15.0 Å². The van der Waals surface area contributed by atoms with Gasteiger partial charge in [0.2, 0.25) is 0 Å². The Kier molecular flexibility index (Phi) is 3.45. The summed E-state index contributed by atoms with van der Waals surface area (Å²) in [7, 11) is 1.67. The Bertz CT molecular complexity index is 740. The second-order valence-electron chi connectivity index (χ2n) is 6.15. The van der Waals surface area contributed by atoms with Gasteiger partial charge < -0.3 is 15.0 Å². The minimum absolute atomic E-state index is 0.0184. The first-order valence-corrected chi connectivity index (χ1v) is 8.08. The standard InChI is InChI=1S/C19H20N2O2/c1-23-15-9-7-13(8-10-15)12-17-20-19(22)16-6-2-4-14-5-3-11-21(17)18(14)16/h2,4,6-10,17H,3,5,11-12H2,1H3,(H,20,22)/t17-/m1/s1. The highest BCUT2D eigenvalue weighted by molar-refractivity contribution is 6.02. The quantitative estimate of drug-likeness (QED) is 0.948. The van der Waals surface area contributed by atoms with Gasteiger partial charge in [-0.15, -0.1) is 0 Å². The number of methoxy groups -OCH3 is 1. The Morgan fingerprint density at radius 3 is 2.83 bits per heavy atom. The molecule has 4 nitrogen and oxygen atoms in total. The van der Waals surface area contributed by atoms with E-state index >= 15 is 0 Å². The minimum Gasteiger partial charge on any atom is -0.497 e. The Morgan fingerprint density at radius 1 is 1.22 bits per heavy atom. The van der Waals surface area contributed by atoms with Crippen LogP contribution in [0, 0.1) is 0 Å². The van der Waals surface area contributed by atoms with Gasteiger partial charge in [0.05, 0.1) is 18.4 Å². The number of benzene rings is 2. The van der Waals surface area contributed by atoms with Gasteiger partial charge in [0.25, 0.3) is 5.91 Å². The topological polar surface area (TPSA) is 41.6 Å². The van der Waals surface area contributed by atoms with E-state index in [-0.39, 0.29) is 12.1 Å². The van der Waals surface area contributed by atoms with Gasteiger partial charge in [-0.3, -0.25) is 4.79 Å². The van der Waals surface area contributed by atoms with Gasteiger partial charge in [-0.2, -0.15) is 0 Å². The molecule has 1 atom stereocenters. The number of nitrogens with zero attached hydrogens (tertiary/aromatic N) is 1. The van der Waals surface area contributed by atoms with E-state index in [2.05, 4.69) is 28.4 Å². The molecule has 4 rings (SSSR count). The van der Waals surface area contributed by atoms with Crippen LogP contribution in [-0.4, -0.2) is 25.7 Å². The van der Waals surface area contributed by atoms with Crippen molar-refractivity contribution in [1.82, 2.24) is 5.32 Å². The molecule has 0 spiro atoms. The molecular weight excluding hydrogens is 288 g/mol. The third-order valence-electron chi connectivity index (χ3n) is 4.76. The molecule has 23 heavy (non-hydrogen) atoms. The number of carbonyl (C=O) groups excluding carboxylic acids is 1. The highest BCUT2D eigenvalue weighted by Gasteiger charge is 2.34. The van der Waals surface area contributed by atoms with Crippen molar-refractivity contribution in [3.05, 3.63) is 59.2 Å².